The zero-order valence-corrected chi connectivity index (χ0v) is 15.2. The van der Waals surface area contributed by atoms with E-state index < -0.39 is 0 Å². The van der Waals surface area contributed by atoms with Crippen LogP contribution in [-0.2, 0) is 16.0 Å². The SMILES string of the molecule is O=C(Nc1ccccc1)[C@@H]1CCCN(C(=O)Cc2c[nH]c3ccccc23)C1. The number of anilines is 1. The molecule has 1 atom stereocenters. The minimum absolute atomic E-state index is 0.00852. The Balaban J connectivity index is 1.40. The third-order valence-electron chi connectivity index (χ3n) is 5.20. The number of nitrogens with one attached hydrogen (secondary N) is 2. The van der Waals surface area contributed by atoms with Crippen LogP contribution in [0.25, 0.3) is 10.9 Å². The van der Waals surface area contributed by atoms with Gasteiger partial charge in [0.15, 0.2) is 0 Å². The number of aromatic nitrogens is 1. The van der Waals surface area contributed by atoms with Crippen LogP contribution in [0, 0.1) is 5.92 Å². The number of para-hydroxylation sites is 2. The van der Waals surface area contributed by atoms with Gasteiger partial charge in [-0.05, 0) is 36.6 Å². The summed E-state index contributed by atoms with van der Waals surface area (Å²) in [4.78, 5) is 30.4. The Morgan fingerprint density at radius 2 is 1.85 bits per heavy atom. The van der Waals surface area contributed by atoms with Crippen molar-refractivity contribution in [3.63, 3.8) is 0 Å². The van der Waals surface area contributed by atoms with Crippen molar-refractivity contribution in [2.75, 3.05) is 18.4 Å². The van der Waals surface area contributed by atoms with Gasteiger partial charge in [0.25, 0.3) is 0 Å². The van der Waals surface area contributed by atoms with Gasteiger partial charge in [-0.25, -0.2) is 0 Å². The zero-order valence-electron chi connectivity index (χ0n) is 15.2. The van der Waals surface area contributed by atoms with Crippen molar-refractivity contribution in [1.29, 1.82) is 0 Å². The minimum atomic E-state index is -0.161. The number of rotatable bonds is 4. The maximum absolute atomic E-state index is 12.8. The maximum atomic E-state index is 12.8. The van der Waals surface area contributed by atoms with Gasteiger partial charge in [0, 0.05) is 35.9 Å². The Morgan fingerprint density at radius 1 is 1.07 bits per heavy atom. The van der Waals surface area contributed by atoms with E-state index in [1.807, 2.05) is 65.7 Å². The van der Waals surface area contributed by atoms with Gasteiger partial charge in [-0.15, -0.1) is 0 Å². The predicted molar refractivity (Wildman–Crippen MR) is 106 cm³/mol. The lowest BCUT2D eigenvalue weighted by molar-refractivity contribution is -0.133. The number of fused-ring (bicyclic) bond motifs is 1. The molecule has 5 heteroatoms. The van der Waals surface area contributed by atoms with Gasteiger partial charge in [-0.1, -0.05) is 36.4 Å². The van der Waals surface area contributed by atoms with Crippen LogP contribution >= 0.6 is 0 Å². The molecule has 2 amide bonds. The molecule has 0 saturated carbocycles. The van der Waals surface area contributed by atoms with Gasteiger partial charge < -0.3 is 15.2 Å². The van der Waals surface area contributed by atoms with Gasteiger partial charge >= 0.3 is 0 Å². The van der Waals surface area contributed by atoms with Crippen LogP contribution in [-0.4, -0.2) is 34.8 Å². The van der Waals surface area contributed by atoms with Crippen molar-refractivity contribution in [3.8, 4) is 0 Å². The Hall–Kier alpha value is -3.08. The highest BCUT2D eigenvalue weighted by molar-refractivity contribution is 5.93. The summed E-state index contributed by atoms with van der Waals surface area (Å²) in [6.07, 6.45) is 3.94. The minimum Gasteiger partial charge on any atom is -0.361 e. The fourth-order valence-corrected chi connectivity index (χ4v) is 3.74. The molecule has 0 aliphatic carbocycles. The second-order valence-corrected chi connectivity index (χ2v) is 7.07. The summed E-state index contributed by atoms with van der Waals surface area (Å²) in [5.74, 6) is -0.0892. The number of carbonyl (C=O) groups excluding carboxylic acids is 2. The second kappa shape index (κ2) is 7.66. The van der Waals surface area contributed by atoms with E-state index in [-0.39, 0.29) is 17.7 Å². The van der Waals surface area contributed by atoms with E-state index in [1.54, 1.807) is 0 Å². The van der Waals surface area contributed by atoms with Crippen molar-refractivity contribution < 1.29 is 9.59 Å². The molecule has 1 saturated heterocycles. The number of hydrogen-bond acceptors (Lipinski definition) is 2. The van der Waals surface area contributed by atoms with Gasteiger partial charge in [0.1, 0.15) is 0 Å². The highest BCUT2D eigenvalue weighted by Gasteiger charge is 2.28. The number of likely N-dealkylation sites (tertiary alicyclic amines) is 1. The van der Waals surface area contributed by atoms with Crippen molar-refractivity contribution in [1.82, 2.24) is 9.88 Å². The smallest absolute Gasteiger partial charge is 0.229 e. The first-order valence-electron chi connectivity index (χ1n) is 9.39. The molecule has 1 aliphatic heterocycles. The quantitative estimate of drug-likeness (QED) is 0.746. The van der Waals surface area contributed by atoms with E-state index in [9.17, 15) is 9.59 Å². The molecule has 138 valence electrons. The summed E-state index contributed by atoms with van der Waals surface area (Å²) in [6.45, 7) is 1.20. The number of H-pyrrole nitrogens is 1. The third kappa shape index (κ3) is 3.87. The molecule has 1 fully saturated rings. The lowest BCUT2D eigenvalue weighted by atomic mass is 9.96. The predicted octanol–water partition coefficient (Wildman–Crippen LogP) is 3.59. The molecule has 0 spiro atoms. The van der Waals surface area contributed by atoms with Crippen molar-refractivity contribution in [2.45, 2.75) is 19.3 Å². The molecule has 0 bridgehead atoms. The number of amides is 2. The Morgan fingerprint density at radius 3 is 2.70 bits per heavy atom. The molecular formula is C22H23N3O2. The largest absolute Gasteiger partial charge is 0.361 e. The Labute approximate surface area is 158 Å². The van der Waals surface area contributed by atoms with E-state index in [0.717, 1.165) is 41.5 Å². The van der Waals surface area contributed by atoms with Crippen LogP contribution in [0.4, 0.5) is 5.69 Å². The van der Waals surface area contributed by atoms with Crippen LogP contribution < -0.4 is 5.32 Å². The van der Waals surface area contributed by atoms with E-state index in [2.05, 4.69) is 10.3 Å². The first-order valence-corrected chi connectivity index (χ1v) is 9.39. The van der Waals surface area contributed by atoms with Gasteiger partial charge in [-0.3, -0.25) is 9.59 Å². The van der Waals surface area contributed by atoms with Gasteiger partial charge in [-0.2, -0.15) is 0 Å². The highest BCUT2D eigenvalue weighted by atomic mass is 16.2. The number of benzene rings is 2. The third-order valence-corrected chi connectivity index (χ3v) is 5.20. The molecule has 2 aromatic carbocycles. The molecule has 27 heavy (non-hydrogen) atoms. The van der Waals surface area contributed by atoms with Crippen LogP contribution in [0.2, 0.25) is 0 Å². The highest BCUT2D eigenvalue weighted by Crippen LogP contribution is 2.22. The fraction of sp³-hybridized carbons (Fsp3) is 0.273. The fourth-order valence-electron chi connectivity index (χ4n) is 3.74. The lowest BCUT2D eigenvalue weighted by Crippen LogP contribution is -2.44. The van der Waals surface area contributed by atoms with E-state index >= 15 is 0 Å². The summed E-state index contributed by atoms with van der Waals surface area (Å²) in [5, 5.41) is 4.04. The molecule has 3 aromatic rings. The van der Waals surface area contributed by atoms with Crippen LogP contribution in [0.3, 0.4) is 0 Å². The topological polar surface area (TPSA) is 65.2 Å². The molecule has 2 heterocycles. The van der Waals surface area contributed by atoms with Crippen LogP contribution in [0.5, 0.6) is 0 Å². The summed E-state index contributed by atoms with van der Waals surface area (Å²) in [7, 11) is 0. The number of piperidine rings is 1. The zero-order chi connectivity index (χ0) is 18.6. The average Bonchev–Trinajstić information content (AvgIpc) is 3.12. The summed E-state index contributed by atoms with van der Waals surface area (Å²) in [6, 6.07) is 17.5. The van der Waals surface area contributed by atoms with Crippen molar-refractivity contribution in [3.05, 3.63) is 66.4 Å². The summed E-state index contributed by atoms with van der Waals surface area (Å²) < 4.78 is 0. The van der Waals surface area contributed by atoms with E-state index in [0.29, 0.717) is 13.0 Å². The number of aromatic amines is 1. The molecule has 1 aromatic heterocycles. The number of nitrogens with zero attached hydrogens (tertiary/aromatic N) is 1. The standard InChI is InChI=1S/C22H23N3O2/c26-21(13-17-14-23-20-11-5-4-10-19(17)20)25-12-6-7-16(15-25)22(27)24-18-8-2-1-3-9-18/h1-5,8-11,14,16,23H,6-7,12-13,15H2,(H,24,27)/t16-/m1/s1. The van der Waals surface area contributed by atoms with Crippen molar-refractivity contribution in [2.24, 2.45) is 5.92 Å². The number of carbonyl (C=O) groups is 2. The van der Waals surface area contributed by atoms with E-state index in [4.69, 9.17) is 0 Å². The molecule has 0 unspecified atom stereocenters. The van der Waals surface area contributed by atoms with Crippen molar-refractivity contribution >= 4 is 28.4 Å². The van der Waals surface area contributed by atoms with Gasteiger partial charge in [0.2, 0.25) is 11.8 Å². The average molecular weight is 361 g/mol. The first-order chi connectivity index (χ1) is 13.2. The molecule has 2 N–H and O–H groups in total. The summed E-state index contributed by atoms with van der Waals surface area (Å²) >= 11 is 0. The normalized spacial score (nSPS) is 17.0. The first kappa shape index (κ1) is 17.3. The molecule has 0 radical (unpaired) electrons. The lowest BCUT2D eigenvalue weighted by Gasteiger charge is -2.32. The molecule has 5 nitrogen and oxygen atoms in total. The van der Waals surface area contributed by atoms with Gasteiger partial charge in [0.05, 0.1) is 12.3 Å². The maximum Gasteiger partial charge on any atom is 0.229 e. The van der Waals surface area contributed by atoms with E-state index in [1.165, 1.54) is 0 Å². The monoisotopic (exact) mass is 361 g/mol. The van der Waals surface area contributed by atoms with Crippen LogP contribution in [0.15, 0.2) is 60.8 Å². The Bertz CT molecular complexity index is 948. The Kier molecular flexibility index (Phi) is 4.92. The molecule has 4 rings (SSSR count). The molecular weight excluding hydrogens is 338 g/mol. The second-order valence-electron chi connectivity index (χ2n) is 7.07. The van der Waals surface area contributed by atoms with Crippen LogP contribution in [0.1, 0.15) is 18.4 Å². The molecule has 1 aliphatic rings. The summed E-state index contributed by atoms with van der Waals surface area (Å²) in [5.41, 5.74) is 2.84. The number of hydrogen-bond donors (Lipinski definition) is 2.